The van der Waals surface area contributed by atoms with Gasteiger partial charge in [-0.1, -0.05) is 40.2 Å². The highest BCUT2D eigenvalue weighted by Crippen LogP contribution is 2.64. The summed E-state index contributed by atoms with van der Waals surface area (Å²) in [5, 5.41) is 1.42. The van der Waals surface area contributed by atoms with E-state index in [0.717, 1.165) is 29.4 Å². The number of rotatable bonds is 4. The molecule has 1 spiro atoms. The minimum absolute atomic E-state index is 0.453. The van der Waals surface area contributed by atoms with Crippen LogP contribution in [0.1, 0.15) is 42.0 Å². The summed E-state index contributed by atoms with van der Waals surface area (Å²) in [7, 11) is 0. The number of aromatic nitrogens is 1. The zero-order valence-electron chi connectivity index (χ0n) is 11.9. The lowest BCUT2D eigenvalue weighted by Gasteiger charge is -2.22. The molecule has 0 bridgehead atoms. The number of ether oxygens (including phenoxy) is 1. The van der Waals surface area contributed by atoms with Gasteiger partial charge in [-0.15, -0.1) is 0 Å². The molecular formula is C17H19BrClNO. The summed E-state index contributed by atoms with van der Waals surface area (Å²) in [4.78, 5) is 4.68. The molecular weight excluding hydrogens is 350 g/mol. The van der Waals surface area contributed by atoms with Gasteiger partial charge in [-0.05, 0) is 42.4 Å². The predicted molar refractivity (Wildman–Crippen MR) is 91.8 cm³/mol. The van der Waals surface area contributed by atoms with Gasteiger partial charge in [0, 0.05) is 46.9 Å². The van der Waals surface area contributed by atoms with Crippen LogP contribution in [0.4, 0.5) is 0 Å². The lowest BCUT2D eigenvalue weighted by atomic mass is 9.92. The van der Waals surface area contributed by atoms with Crippen LogP contribution in [0, 0.1) is 5.41 Å². The van der Waals surface area contributed by atoms with Crippen LogP contribution in [0.2, 0.25) is 0 Å². The highest BCUT2D eigenvalue weighted by molar-refractivity contribution is 9.09. The van der Waals surface area contributed by atoms with E-state index in [-0.39, 0.29) is 0 Å². The van der Waals surface area contributed by atoms with Gasteiger partial charge in [-0.2, -0.15) is 0 Å². The highest BCUT2D eigenvalue weighted by atomic mass is 79.9. The van der Waals surface area contributed by atoms with Crippen molar-refractivity contribution in [1.29, 1.82) is 0 Å². The molecule has 1 aliphatic carbocycles. The third-order valence-corrected chi connectivity index (χ3v) is 5.85. The van der Waals surface area contributed by atoms with E-state index < -0.39 is 0 Å². The average Bonchev–Trinajstić information content (AvgIpc) is 3.21. The smallest absolute Gasteiger partial charge is 0.0471 e. The first-order chi connectivity index (χ1) is 10.2. The molecule has 2 heterocycles. The van der Waals surface area contributed by atoms with Crippen molar-refractivity contribution in [3.63, 3.8) is 0 Å². The third kappa shape index (κ3) is 3.10. The molecule has 1 aromatic rings. The van der Waals surface area contributed by atoms with Crippen molar-refractivity contribution < 1.29 is 4.74 Å². The largest absolute Gasteiger partial charge is 0.381 e. The number of halogens is 2. The Kier molecular flexibility index (Phi) is 4.53. The molecule has 1 saturated carbocycles. The number of hydrogen-bond acceptors (Lipinski definition) is 2. The lowest BCUT2D eigenvalue weighted by molar-refractivity contribution is 0.0555. The fourth-order valence-corrected chi connectivity index (χ4v) is 3.57. The average molecular weight is 369 g/mol. The number of alkyl halides is 1. The molecule has 1 unspecified atom stereocenters. The number of nitrogens with zero attached hydrogens (tertiary/aromatic N) is 1. The summed E-state index contributed by atoms with van der Waals surface area (Å²) in [6.45, 7) is 5.71. The zero-order chi connectivity index (χ0) is 14.9. The first-order valence-electron chi connectivity index (χ1n) is 7.31. The van der Waals surface area contributed by atoms with E-state index in [1.165, 1.54) is 25.0 Å². The number of allylic oxidation sites excluding steroid dienone is 1. The van der Waals surface area contributed by atoms with E-state index >= 15 is 0 Å². The van der Waals surface area contributed by atoms with Gasteiger partial charge in [0.2, 0.25) is 0 Å². The van der Waals surface area contributed by atoms with Crippen LogP contribution in [0.15, 0.2) is 23.9 Å². The van der Waals surface area contributed by atoms with E-state index in [4.69, 9.17) is 16.3 Å². The van der Waals surface area contributed by atoms with Crippen LogP contribution in [-0.4, -0.2) is 23.5 Å². The van der Waals surface area contributed by atoms with E-state index in [1.807, 2.05) is 18.3 Å². The maximum atomic E-state index is 6.10. The van der Waals surface area contributed by atoms with Crippen molar-refractivity contribution in [1.82, 2.24) is 4.98 Å². The van der Waals surface area contributed by atoms with Gasteiger partial charge in [0.15, 0.2) is 0 Å². The second-order valence-corrected chi connectivity index (χ2v) is 6.94. The van der Waals surface area contributed by atoms with Crippen molar-refractivity contribution in [2.75, 3.05) is 18.5 Å². The van der Waals surface area contributed by atoms with Crippen LogP contribution >= 0.6 is 27.5 Å². The predicted octanol–water partition coefficient (Wildman–Crippen LogP) is 4.98. The molecule has 112 valence electrons. The van der Waals surface area contributed by atoms with E-state index in [2.05, 4.69) is 33.6 Å². The summed E-state index contributed by atoms with van der Waals surface area (Å²) < 4.78 is 5.49. The van der Waals surface area contributed by atoms with Crippen molar-refractivity contribution in [2.45, 2.75) is 25.2 Å². The Labute approximate surface area is 139 Å². The Balaban J connectivity index is 1.84. The fraction of sp³-hybridized carbons (Fsp3) is 0.471. The normalized spacial score (nSPS) is 24.1. The molecule has 2 fully saturated rings. The third-order valence-electron chi connectivity index (χ3n) is 4.68. The molecule has 4 heteroatoms. The molecule has 0 N–H and O–H groups in total. The Hall–Kier alpha value is -0.640. The Morgan fingerprint density at radius 3 is 2.90 bits per heavy atom. The van der Waals surface area contributed by atoms with Gasteiger partial charge in [0.1, 0.15) is 0 Å². The number of hydrogen-bond donors (Lipinski definition) is 0. The maximum Gasteiger partial charge on any atom is 0.0471 e. The van der Waals surface area contributed by atoms with E-state index in [1.54, 1.807) is 0 Å². The van der Waals surface area contributed by atoms with Crippen LogP contribution in [0.5, 0.6) is 0 Å². The summed E-state index contributed by atoms with van der Waals surface area (Å²) in [6, 6.07) is 2.17. The first-order valence-corrected chi connectivity index (χ1v) is 8.80. The van der Waals surface area contributed by atoms with Crippen molar-refractivity contribution >= 4 is 39.7 Å². The topological polar surface area (TPSA) is 22.1 Å². The SMILES string of the molecule is C=Cc1cc(C2CC23CCOCC3)ncc1/C=C(/Cl)CBr. The molecule has 3 rings (SSSR count). The zero-order valence-corrected chi connectivity index (χ0v) is 14.3. The Morgan fingerprint density at radius 1 is 1.48 bits per heavy atom. The molecule has 2 nitrogen and oxygen atoms in total. The quantitative estimate of drug-likeness (QED) is 0.699. The minimum atomic E-state index is 0.453. The summed E-state index contributed by atoms with van der Waals surface area (Å²) in [6.07, 6.45) is 9.33. The monoisotopic (exact) mass is 367 g/mol. The van der Waals surface area contributed by atoms with Crippen molar-refractivity contribution in [2.24, 2.45) is 5.41 Å². The molecule has 1 atom stereocenters. The van der Waals surface area contributed by atoms with E-state index in [9.17, 15) is 0 Å². The minimum Gasteiger partial charge on any atom is -0.381 e. The molecule has 0 amide bonds. The van der Waals surface area contributed by atoms with Gasteiger partial charge in [-0.3, -0.25) is 4.98 Å². The van der Waals surface area contributed by atoms with Crippen LogP contribution in [0.25, 0.3) is 12.2 Å². The van der Waals surface area contributed by atoms with Crippen LogP contribution < -0.4 is 0 Å². The second-order valence-electron chi connectivity index (χ2n) is 5.90. The van der Waals surface area contributed by atoms with Gasteiger partial charge in [-0.25, -0.2) is 0 Å². The van der Waals surface area contributed by atoms with Gasteiger partial charge in [0.05, 0.1) is 0 Å². The van der Waals surface area contributed by atoms with Crippen molar-refractivity contribution in [3.8, 4) is 0 Å². The van der Waals surface area contributed by atoms with Gasteiger partial charge < -0.3 is 4.74 Å². The molecule has 1 aliphatic heterocycles. The van der Waals surface area contributed by atoms with Gasteiger partial charge in [0.25, 0.3) is 0 Å². The standard InChI is InChI=1S/C17H19BrClNO/c1-2-12-8-16(20-11-13(12)7-14(19)10-18)15-9-17(15)3-5-21-6-4-17/h2,7-8,11,15H,1,3-6,9-10H2/b14-7+. The Morgan fingerprint density at radius 2 is 2.24 bits per heavy atom. The summed E-state index contributed by atoms with van der Waals surface area (Å²) in [5.41, 5.74) is 3.78. The molecule has 1 saturated heterocycles. The molecule has 1 aromatic heterocycles. The summed E-state index contributed by atoms with van der Waals surface area (Å²) >= 11 is 9.45. The summed E-state index contributed by atoms with van der Waals surface area (Å²) in [5.74, 6) is 0.588. The molecule has 0 radical (unpaired) electrons. The van der Waals surface area contributed by atoms with Crippen LogP contribution in [0.3, 0.4) is 0 Å². The maximum absolute atomic E-state index is 6.10. The Bertz CT molecular complexity index is 578. The van der Waals surface area contributed by atoms with Crippen molar-refractivity contribution in [3.05, 3.63) is 40.7 Å². The second kappa shape index (κ2) is 6.23. The van der Waals surface area contributed by atoms with Gasteiger partial charge >= 0.3 is 0 Å². The number of pyridine rings is 1. The van der Waals surface area contributed by atoms with E-state index in [0.29, 0.717) is 16.7 Å². The molecule has 2 aliphatic rings. The molecule has 21 heavy (non-hydrogen) atoms. The first kappa shape index (κ1) is 15.3. The molecule has 0 aromatic carbocycles. The van der Waals surface area contributed by atoms with Crippen LogP contribution in [-0.2, 0) is 4.74 Å². The fourth-order valence-electron chi connectivity index (χ4n) is 3.29. The highest BCUT2D eigenvalue weighted by Gasteiger charge is 2.55. The lowest BCUT2D eigenvalue weighted by Crippen LogP contribution is -2.18.